The molecule has 1 unspecified atom stereocenters. The number of sulfonamides is 1. The van der Waals surface area contributed by atoms with E-state index in [0.717, 1.165) is 35.1 Å². The molecule has 1 heterocycles. The zero-order chi connectivity index (χ0) is 34.6. The molecule has 0 saturated heterocycles. The molecule has 48 heavy (non-hydrogen) atoms. The van der Waals surface area contributed by atoms with Gasteiger partial charge in [-0.25, -0.2) is 18.2 Å². The van der Waals surface area contributed by atoms with Crippen molar-refractivity contribution in [1.29, 1.82) is 0 Å². The molecule has 0 amide bonds. The lowest BCUT2D eigenvalue weighted by atomic mass is 9.82. The highest BCUT2D eigenvalue weighted by atomic mass is 32.2. The van der Waals surface area contributed by atoms with Crippen molar-refractivity contribution in [3.05, 3.63) is 114 Å². The van der Waals surface area contributed by atoms with Gasteiger partial charge >= 0.3 is 5.97 Å². The molecule has 1 aromatic heterocycles. The fourth-order valence-electron chi connectivity index (χ4n) is 6.08. The van der Waals surface area contributed by atoms with Crippen molar-refractivity contribution >= 4 is 32.7 Å². The Hall–Kier alpha value is -4.43. The van der Waals surface area contributed by atoms with Crippen molar-refractivity contribution in [1.82, 2.24) is 9.55 Å². The molecule has 0 N–H and O–H groups in total. The topological polar surface area (TPSA) is 81.5 Å². The predicted molar refractivity (Wildman–Crippen MR) is 197 cm³/mol. The Morgan fingerprint density at radius 2 is 1.67 bits per heavy atom. The van der Waals surface area contributed by atoms with Crippen LogP contribution in [0.1, 0.15) is 93.8 Å². The molecule has 0 saturated carbocycles. The van der Waals surface area contributed by atoms with E-state index in [1.165, 1.54) is 17.0 Å². The van der Waals surface area contributed by atoms with Crippen LogP contribution >= 0.6 is 0 Å². The van der Waals surface area contributed by atoms with Gasteiger partial charge in [-0.15, -0.1) is 0 Å². The highest BCUT2D eigenvalue weighted by molar-refractivity contribution is 7.92. The molecular formula is C40H47N3O4S. The van der Waals surface area contributed by atoms with Crippen molar-refractivity contribution in [3.63, 3.8) is 0 Å². The largest absolute Gasteiger partial charge is 0.465 e. The summed E-state index contributed by atoms with van der Waals surface area (Å²) in [4.78, 5) is 18.4. The molecule has 0 fully saturated rings. The van der Waals surface area contributed by atoms with Crippen molar-refractivity contribution in [2.45, 2.75) is 78.7 Å². The number of ether oxygens (including phenoxy) is 1. The lowest BCUT2D eigenvalue weighted by Crippen LogP contribution is -2.32. The Balaban J connectivity index is 1.73. The highest BCUT2D eigenvalue weighted by Crippen LogP contribution is 2.39. The van der Waals surface area contributed by atoms with Gasteiger partial charge in [-0.3, -0.25) is 8.87 Å². The van der Waals surface area contributed by atoms with Gasteiger partial charge in [-0.1, -0.05) is 115 Å². The minimum absolute atomic E-state index is 0.0472. The van der Waals surface area contributed by atoms with Crippen molar-refractivity contribution < 1.29 is 17.9 Å². The van der Waals surface area contributed by atoms with Crippen LogP contribution in [0.15, 0.2) is 91.3 Å². The van der Waals surface area contributed by atoms with E-state index in [-0.39, 0.29) is 17.7 Å². The van der Waals surface area contributed by atoms with Gasteiger partial charge in [-0.2, -0.15) is 0 Å². The van der Waals surface area contributed by atoms with Crippen molar-refractivity contribution in [2.75, 3.05) is 17.2 Å². The molecule has 0 radical (unpaired) electrons. The van der Waals surface area contributed by atoms with Crippen LogP contribution in [0.4, 0.5) is 5.69 Å². The molecule has 1 atom stereocenters. The van der Waals surface area contributed by atoms with Gasteiger partial charge in [0, 0.05) is 0 Å². The van der Waals surface area contributed by atoms with E-state index >= 15 is 0 Å². The van der Waals surface area contributed by atoms with Gasteiger partial charge < -0.3 is 4.74 Å². The van der Waals surface area contributed by atoms with Gasteiger partial charge in [0.05, 0.1) is 47.4 Å². The number of aromatic nitrogens is 2. The summed E-state index contributed by atoms with van der Waals surface area (Å²) in [5, 5.41) is 0. The zero-order valence-electron chi connectivity index (χ0n) is 29.2. The number of methoxy groups -OCH3 is 1. The molecule has 0 aliphatic heterocycles. The quantitative estimate of drug-likeness (QED) is 0.124. The molecular weight excluding hydrogens is 619 g/mol. The number of benzene rings is 4. The summed E-state index contributed by atoms with van der Waals surface area (Å²) in [6, 6.07) is 27.6. The molecule has 8 heteroatoms. The number of carbonyl (C=O) groups is 1. The second-order valence-corrected chi connectivity index (χ2v) is 15.5. The lowest BCUT2D eigenvalue weighted by Gasteiger charge is -2.27. The highest BCUT2D eigenvalue weighted by Gasteiger charge is 2.30. The monoisotopic (exact) mass is 665 g/mol. The number of esters is 1. The fraction of sp³-hybridized carbons (Fsp3) is 0.350. The molecule has 252 valence electrons. The van der Waals surface area contributed by atoms with Crippen LogP contribution < -0.4 is 4.31 Å². The Bertz CT molecular complexity index is 1990. The number of carbonyl (C=O) groups excluding carboxylic acids is 1. The first-order chi connectivity index (χ1) is 22.9. The molecule has 0 aliphatic rings. The zero-order valence-corrected chi connectivity index (χ0v) is 30.0. The summed E-state index contributed by atoms with van der Waals surface area (Å²) in [5.74, 6) is 0.0166. The molecule has 7 nitrogen and oxygen atoms in total. The first-order valence-electron chi connectivity index (χ1n) is 16.8. The minimum atomic E-state index is -3.67. The smallest absolute Gasteiger partial charge is 0.340 e. The van der Waals surface area contributed by atoms with E-state index in [0.29, 0.717) is 40.3 Å². The van der Waals surface area contributed by atoms with Gasteiger partial charge in [0.25, 0.3) is 0 Å². The maximum Gasteiger partial charge on any atom is 0.340 e. The number of hydrogen-bond donors (Lipinski definition) is 0. The molecule has 0 aliphatic carbocycles. The van der Waals surface area contributed by atoms with Gasteiger partial charge in [-0.05, 0) is 70.2 Å². The summed E-state index contributed by atoms with van der Waals surface area (Å²) < 4.78 is 36.7. The molecule has 5 aromatic rings. The van der Waals surface area contributed by atoms with E-state index in [4.69, 9.17) is 9.72 Å². The van der Waals surface area contributed by atoms with Crippen LogP contribution in [-0.4, -0.2) is 36.8 Å². The first kappa shape index (κ1) is 34.9. The number of nitrogens with zero attached hydrogens (tertiary/aromatic N) is 3. The third-order valence-electron chi connectivity index (χ3n) is 9.10. The number of unbranched alkanes of at least 4 members (excludes halogenated alkanes) is 1. The second-order valence-electron chi connectivity index (χ2n) is 13.5. The third-order valence-corrected chi connectivity index (χ3v) is 10.9. The number of anilines is 1. The molecule has 4 aromatic carbocycles. The predicted octanol–water partition coefficient (Wildman–Crippen LogP) is 9.43. The number of hydrogen-bond acceptors (Lipinski definition) is 5. The fourth-order valence-corrected chi connectivity index (χ4v) is 7.74. The Morgan fingerprint density at radius 3 is 2.29 bits per heavy atom. The average molecular weight is 666 g/mol. The van der Waals surface area contributed by atoms with Crippen LogP contribution in [0.5, 0.6) is 0 Å². The lowest BCUT2D eigenvalue weighted by molar-refractivity contribution is 0.0601. The normalized spacial score (nSPS) is 12.6. The number of fused-ring (bicyclic) bond motifs is 1. The van der Waals surface area contributed by atoms with Crippen LogP contribution in [0.2, 0.25) is 0 Å². The Labute approximate surface area is 285 Å². The van der Waals surface area contributed by atoms with E-state index in [2.05, 4.69) is 52.8 Å². The van der Waals surface area contributed by atoms with Gasteiger partial charge in [0.1, 0.15) is 6.33 Å². The van der Waals surface area contributed by atoms with E-state index in [1.54, 1.807) is 6.33 Å². The standard InChI is InChI=1S/C40H47N3O4S/c1-8-10-24-48(45,46)43(26-29-16-18-30(19-17-29)28(3)9-2)32-20-23-35-36(25-32)42(27-41-35)38-34(40(4,5)6)22-21-33(37(38)39(44)47-7)31-14-12-11-13-15-31/h11-23,25,27-28H,8-10,24,26H2,1-7H3. The van der Waals surface area contributed by atoms with Crippen LogP contribution in [0.3, 0.4) is 0 Å². The minimum Gasteiger partial charge on any atom is -0.465 e. The second kappa shape index (κ2) is 14.4. The molecule has 0 bridgehead atoms. The van der Waals surface area contributed by atoms with Gasteiger partial charge in [0.15, 0.2) is 0 Å². The van der Waals surface area contributed by atoms with E-state index in [1.807, 2.05) is 78.2 Å². The SMILES string of the molecule is CCCCS(=O)(=O)N(Cc1ccc(C(C)CC)cc1)c1ccc2ncn(-c3c(C(C)(C)C)ccc(-c4ccccc4)c3C(=O)OC)c2c1. The van der Waals surface area contributed by atoms with Crippen molar-refractivity contribution in [2.24, 2.45) is 0 Å². The first-order valence-corrected chi connectivity index (χ1v) is 18.4. The van der Waals surface area contributed by atoms with E-state index in [9.17, 15) is 13.2 Å². The molecule has 5 rings (SSSR count). The van der Waals surface area contributed by atoms with Crippen LogP contribution in [-0.2, 0) is 26.7 Å². The Kier molecular flexibility index (Phi) is 10.4. The van der Waals surface area contributed by atoms with Crippen LogP contribution in [0.25, 0.3) is 27.8 Å². The molecule has 0 spiro atoms. The van der Waals surface area contributed by atoms with Gasteiger partial charge in [0.2, 0.25) is 10.0 Å². The average Bonchev–Trinajstić information content (AvgIpc) is 3.51. The van der Waals surface area contributed by atoms with E-state index < -0.39 is 16.0 Å². The van der Waals surface area contributed by atoms with Crippen LogP contribution in [0, 0.1) is 0 Å². The number of rotatable bonds is 12. The summed E-state index contributed by atoms with van der Waals surface area (Å²) in [5.41, 5.74) is 7.37. The maximum atomic E-state index is 14.0. The third kappa shape index (κ3) is 7.19. The van der Waals surface area contributed by atoms with Crippen molar-refractivity contribution in [3.8, 4) is 16.8 Å². The number of imidazole rings is 1. The summed E-state index contributed by atoms with van der Waals surface area (Å²) >= 11 is 0. The Morgan fingerprint density at radius 1 is 0.958 bits per heavy atom. The maximum absolute atomic E-state index is 14.0. The summed E-state index contributed by atoms with van der Waals surface area (Å²) in [6.45, 7) is 12.9. The summed E-state index contributed by atoms with van der Waals surface area (Å²) in [7, 11) is -2.27. The summed E-state index contributed by atoms with van der Waals surface area (Å²) in [6.07, 6.45) is 4.08.